The van der Waals surface area contributed by atoms with Crippen molar-refractivity contribution < 1.29 is 0 Å². The lowest BCUT2D eigenvalue weighted by molar-refractivity contribution is 0.952. The predicted octanol–water partition coefficient (Wildman–Crippen LogP) is 1.03. The molecule has 0 bridgehead atoms. The highest BCUT2D eigenvalue weighted by Crippen LogP contribution is 1.96. The van der Waals surface area contributed by atoms with Crippen molar-refractivity contribution in [2.24, 2.45) is 5.73 Å². The number of aromatic nitrogens is 1. The van der Waals surface area contributed by atoms with E-state index < -0.39 is 0 Å². The Kier molecular flexibility index (Phi) is 8.01. The number of halogens is 2. The molecule has 0 radical (unpaired) electrons. The summed E-state index contributed by atoms with van der Waals surface area (Å²) in [7, 11) is 0. The standard InChI is InChI=1S/C8H12N2O.2ClH/c1-6-4-7(2-3-9)5-8(11)10-6;;/h4-5H,2-3,9H2,1H3,(H,10,11);2*1H. The second kappa shape index (κ2) is 6.95. The van der Waals surface area contributed by atoms with Crippen molar-refractivity contribution in [1.82, 2.24) is 4.98 Å². The molecule has 13 heavy (non-hydrogen) atoms. The van der Waals surface area contributed by atoms with Gasteiger partial charge in [-0.1, -0.05) is 0 Å². The number of aryl methyl sites for hydroxylation is 1. The largest absolute Gasteiger partial charge is 0.330 e. The van der Waals surface area contributed by atoms with Crippen molar-refractivity contribution in [1.29, 1.82) is 0 Å². The number of nitrogens with two attached hydrogens (primary N) is 1. The number of H-pyrrole nitrogens is 1. The molecule has 0 fully saturated rings. The second-order valence-corrected chi connectivity index (χ2v) is 2.57. The van der Waals surface area contributed by atoms with Crippen LogP contribution in [0.25, 0.3) is 0 Å². The fraction of sp³-hybridized carbons (Fsp3) is 0.375. The van der Waals surface area contributed by atoms with Crippen molar-refractivity contribution in [3.63, 3.8) is 0 Å². The van der Waals surface area contributed by atoms with Crippen LogP contribution in [0.3, 0.4) is 0 Å². The van der Waals surface area contributed by atoms with Crippen LogP contribution in [0.5, 0.6) is 0 Å². The molecule has 1 aromatic rings. The predicted molar refractivity (Wildman–Crippen MR) is 59.1 cm³/mol. The molecule has 0 aliphatic carbocycles. The molecule has 0 amide bonds. The Bertz CT molecular complexity index is 298. The Labute approximate surface area is 89.6 Å². The van der Waals surface area contributed by atoms with Gasteiger partial charge in [0.25, 0.3) is 0 Å². The van der Waals surface area contributed by atoms with E-state index >= 15 is 0 Å². The number of nitrogens with one attached hydrogen (secondary N) is 1. The molecule has 0 spiro atoms. The quantitative estimate of drug-likeness (QED) is 0.789. The minimum atomic E-state index is -0.0477. The Balaban J connectivity index is 0. The number of hydrogen-bond acceptors (Lipinski definition) is 2. The average molecular weight is 225 g/mol. The summed E-state index contributed by atoms with van der Waals surface area (Å²) in [4.78, 5) is 13.6. The number of hydrogen-bond donors (Lipinski definition) is 2. The first-order chi connectivity index (χ1) is 5.22. The summed E-state index contributed by atoms with van der Waals surface area (Å²) in [5.41, 5.74) is 7.20. The fourth-order valence-electron chi connectivity index (χ4n) is 1.07. The van der Waals surface area contributed by atoms with Crippen LogP contribution in [0.4, 0.5) is 0 Å². The third-order valence-corrected chi connectivity index (χ3v) is 1.47. The Morgan fingerprint density at radius 2 is 2.00 bits per heavy atom. The van der Waals surface area contributed by atoms with Gasteiger partial charge < -0.3 is 10.7 Å². The van der Waals surface area contributed by atoms with Crippen LogP contribution in [0.15, 0.2) is 16.9 Å². The SMILES string of the molecule is Cc1cc(CCN)cc(=O)[nH]1.Cl.Cl. The van der Waals surface area contributed by atoms with Gasteiger partial charge >= 0.3 is 0 Å². The van der Waals surface area contributed by atoms with Gasteiger partial charge in [-0.05, 0) is 31.5 Å². The topological polar surface area (TPSA) is 58.9 Å². The van der Waals surface area contributed by atoms with E-state index in [1.165, 1.54) is 0 Å². The van der Waals surface area contributed by atoms with Crippen LogP contribution in [-0.4, -0.2) is 11.5 Å². The maximum atomic E-state index is 10.9. The number of rotatable bonds is 2. The lowest BCUT2D eigenvalue weighted by atomic mass is 10.2. The number of pyridine rings is 1. The molecule has 1 aromatic heterocycles. The van der Waals surface area contributed by atoms with E-state index in [1.54, 1.807) is 6.07 Å². The molecule has 0 aliphatic rings. The van der Waals surface area contributed by atoms with Gasteiger partial charge in [-0.2, -0.15) is 0 Å². The molecular weight excluding hydrogens is 211 g/mol. The Morgan fingerprint density at radius 1 is 1.38 bits per heavy atom. The summed E-state index contributed by atoms with van der Waals surface area (Å²) < 4.78 is 0. The summed E-state index contributed by atoms with van der Waals surface area (Å²) in [5.74, 6) is 0. The smallest absolute Gasteiger partial charge is 0.248 e. The van der Waals surface area contributed by atoms with Crippen LogP contribution in [-0.2, 0) is 6.42 Å². The van der Waals surface area contributed by atoms with Gasteiger partial charge in [0.2, 0.25) is 5.56 Å². The van der Waals surface area contributed by atoms with E-state index in [0.717, 1.165) is 17.7 Å². The zero-order chi connectivity index (χ0) is 8.27. The fourth-order valence-corrected chi connectivity index (χ4v) is 1.07. The van der Waals surface area contributed by atoms with E-state index in [0.29, 0.717) is 6.54 Å². The molecule has 0 saturated heterocycles. The van der Waals surface area contributed by atoms with Crippen LogP contribution < -0.4 is 11.3 Å². The van der Waals surface area contributed by atoms with Crippen molar-refractivity contribution in [3.05, 3.63) is 33.7 Å². The third-order valence-electron chi connectivity index (χ3n) is 1.47. The first kappa shape index (κ1) is 15.0. The van der Waals surface area contributed by atoms with Gasteiger partial charge in [0.1, 0.15) is 0 Å². The monoisotopic (exact) mass is 224 g/mol. The molecule has 3 N–H and O–H groups in total. The summed E-state index contributed by atoms with van der Waals surface area (Å²) in [5, 5.41) is 0. The summed E-state index contributed by atoms with van der Waals surface area (Å²) >= 11 is 0. The van der Waals surface area contributed by atoms with E-state index in [4.69, 9.17) is 5.73 Å². The van der Waals surface area contributed by atoms with Gasteiger partial charge in [-0.25, -0.2) is 0 Å². The minimum absolute atomic E-state index is 0. The summed E-state index contributed by atoms with van der Waals surface area (Å²) in [6.45, 7) is 2.45. The highest BCUT2D eigenvalue weighted by Gasteiger charge is 1.93. The lowest BCUT2D eigenvalue weighted by Gasteiger charge is -1.98. The Hall–Kier alpha value is -0.510. The molecule has 0 aliphatic heterocycles. The van der Waals surface area contributed by atoms with E-state index in [-0.39, 0.29) is 30.4 Å². The van der Waals surface area contributed by atoms with E-state index in [1.807, 2.05) is 13.0 Å². The van der Waals surface area contributed by atoms with Crippen molar-refractivity contribution in [2.75, 3.05) is 6.54 Å². The highest BCUT2D eigenvalue weighted by atomic mass is 35.5. The maximum Gasteiger partial charge on any atom is 0.248 e. The van der Waals surface area contributed by atoms with Crippen LogP contribution in [0.2, 0.25) is 0 Å². The molecular formula is C8H14Cl2N2O. The highest BCUT2D eigenvalue weighted by molar-refractivity contribution is 5.85. The van der Waals surface area contributed by atoms with Crippen molar-refractivity contribution in [3.8, 4) is 0 Å². The molecule has 0 atom stereocenters. The molecule has 76 valence electrons. The minimum Gasteiger partial charge on any atom is -0.330 e. The summed E-state index contributed by atoms with van der Waals surface area (Å²) in [6.07, 6.45) is 0.769. The first-order valence-electron chi connectivity index (χ1n) is 3.62. The van der Waals surface area contributed by atoms with Gasteiger partial charge in [0.15, 0.2) is 0 Å². The second-order valence-electron chi connectivity index (χ2n) is 2.57. The van der Waals surface area contributed by atoms with Gasteiger partial charge in [0, 0.05) is 11.8 Å². The summed E-state index contributed by atoms with van der Waals surface area (Å²) in [6, 6.07) is 3.52. The first-order valence-corrected chi connectivity index (χ1v) is 3.62. The molecule has 0 unspecified atom stereocenters. The average Bonchev–Trinajstić information content (AvgIpc) is 1.85. The van der Waals surface area contributed by atoms with Crippen LogP contribution in [0.1, 0.15) is 11.3 Å². The molecule has 1 heterocycles. The Morgan fingerprint density at radius 3 is 2.46 bits per heavy atom. The third kappa shape index (κ3) is 4.93. The van der Waals surface area contributed by atoms with Crippen molar-refractivity contribution in [2.45, 2.75) is 13.3 Å². The van der Waals surface area contributed by atoms with Gasteiger partial charge in [0.05, 0.1) is 0 Å². The zero-order valence-electron chi connectivity index (χ0n) is 7.37. The lowest BCUT2D eigenvalue weighted by Crippen LogP contribution is -2.10. The molecule has 0 aromatic carbocycles. The van der Waals surface area contributed by atoms with E-state index in [9.17, 15) is 4.79 Å². The van der Waals surface area contributed by atoms with Crippen molar-refractivity contribution >= 4 is 24.8 Å². The van der Waals surface area contributed by atoms with Gasteiger partial charge in [-0.15, -0.1) is 24.8 Å². The number of aromatic amines is 1. The molecule has 3 nitrogen and oxygen atoms in total. The maximum absolute atomic E-state index is 10.9. The molecule has 1 rings (SSSR count). The van der Waals surface area contributed by atoms with Crippen LogP contribution in [0, 0.1) is 6.92 Å². The molecule has 5 heteroatoms. The van der Waals surface area contributed by atoms with Gasteiger partial charge in [-0.3, -0.25) is 4.79 Å². The normalized spacial score (nSPS) is 8.46. The molecule has 0 saturated carbocycles. The van der Waals surface area contributed by atoms with Crippen LogP contribution >= 0.6 is 24.8 Å². The van der Waals surface area contributed by atoms with E-state index in [2.05, 4.69) is 4.98 Å². The zero-order valence-corrected chi connectivity index (χ0v) is 9.00.